The minimum Gasteiger partial charge on any atom is -0.148 e. The normalized spacial score (nSPS) is 10.2. The second kappa shape index (κ2) is 4.52. The minimum atomic E-state index is 1.09. The largest absolute Gasteiger partial charge is 0.148 e. The van der Waals surface area contributed by atoms with Gasteiger partial charge in [0.05, 0.1) is 0 Å². The molecule has 0 saturated carbocycles. The molecule has 1 heterocycles. The van der Waals surface area contributed by atoms with Crippen LogP contribution < -0.4 is 0 Å². The molecule has 0 radical (unpaired) electrons. The van der Waals surface area contributed by atoms with Gasteiger partial charge in [-0.3, -0.25) is 0 Å². The summed E-state index contributed by atoms with van der Waals surface area (Å²) in [5.74, 6) is 0. The van der Waals surface area contributed by atoms with E-state index in [1.807, 2.05) is 11.3 Å². The van der Waals surface area contributed by atoms with Gasteiger partial charge in [0.1, 0.15) is 0 Å². The Bertz CT molecular complexity index is 195. The van der Waals surface area contributed by atoms with Crippen molar-refractivity contribution in [2.24, 2.45) is 0 Å². The lowest BCUT2D eigenvalue weighted by Gasteiger charge is -1.93. The van der Waals surface area contributed by atoms with Gasteiger partial charge in [-0.25, -0.2) is 0 Å². The lowest BCUT2D eigenvalue weighted by molar-refractivity contribution is 0.955. The number of rotatable bonds is 3. The summed E-state index contributed by atoms with van der Waals surface area (Å²) in [6.07, 6.45) is 2.41. The van der Waals surface area contributed by atoms with E-state index in [1.165, 1.54) is 22.2 Å². The van der Waals surface area contributed by atoms with Crippen molar-refractivity contribution in [3.63, 3.8) is 0 Å². The van der Waals surface area contributed by atoms with Crippen LogP contribution in [-0.4, -0.2) is 5.33 Å². The fourth-order valence-electron chi connectivity index (χ4n) is 0.731. The third kappa shape index (κ3) is 2.36. The van der Waals surface area contributed by atoms with E-state index < -0.39 is 0 Å². The number of alkyl halides is 1. The van der Waals surface area contributed by atoms with Crippen LogP contribution in [0.25, 0.3) is 0 Å². The van der Waals surface area contributed by atoms with E-state index in [1.54, 1.807) is 0 Å². The molecule has 10 heavy (non-hydrogen) atoms. The molecule has 0 N–H and O–H groups in total. The Hall–Kier alpha value is 0.660. The van der Waals surface area contributed by atoms with Crippen molar-refractivity contribution >= 4 is 43.2 Å². The number of hydrogen-bond donors (Lipinski definition) is 0. The fraction of sp³-hybridized carbons (Fsp3) is 0.429. The highest BCUT2D eigenvalue weighted by Gasteiger charge is 1.98. The van der Waals surface area contributed by atoms with Crippen molar-refractivity contribution in [2.75, 3.05) is 5.33 Å². The summed E-state index contributed by atoms with van der Waals surface area (Å²) >= 11 is 8.72. The molecule has 0 bridgehead atoms. The Labute approximate surface area is 81.9 Å². The summed E-state index contributed by atoms with van der Waals surface area (Å²) in [5, 5.41) is 3.21. The summed E-state index contributed by atoms with van der Waals surface area (Å²) in [5.41, 5.74) is 0. The molecular weight excluding hydrogens is 276 g/mol. The summed E-state index contributed by atoms with van der Waals surface area (Å²) in [6, 6.07) is 2.11. The molecule has 56 valence electrons. The highest BCUT2D eigenvalue weighted by atomic mass is 79.9. The number of halogens is 2. The van der Waals surface area contributed by atoms with Gasteiger partial charge in [-0.15, -0.1) is 11.3 Å². The number of aryl methyl sites for hydroxylation is 1. The molecule has 1 aromatic rings. The maximum Gasteiger partial charge on any atom is 0.0314 e. The zero-order valence-corrected chi connectivity index (χ0v) is 9.43. The van der Waals surface area contributed by atoms with Crippen LogP contribution in [0.4, 0.5) is 0 Å². The molecule has 0 unspecified atom stereocenters. The van der Waals surface area contributed by atoms with Crippen LogP contribution in [0.15, 0.2) is 15.9 Å². The molecule has 0 aliphatic carbocycles. The lowest BCUT2D eigenvalue weighted by Crippen LogP contribution is -1.80. The molecule has 0 amide bonds. The standard InChI is InChI=1S/C7H8Br2S/c8-4-1-2-7-6(9)3-5-10-7/h3,5H,1-2,4H2. The molecule has 0 aliphatic rings. The third-order valence-corrected chi connectivity index (χ3v) is 3.78. The van der Waals surface area contributed by atoms with E-state index in [9.17, 15) is 0 Å². The fourth-order valence-corrected chi connectivity index (χ4v) is 2.61. The maximum atomic E-state index is 3.49. The third-order valence-electron chi connectivity index (χ3n) is 1.23. The van der Waals surface area contributed by atoms with Crippen LogP contribution in [-0.2, 0) is 6.42 Å². The summed E-state index contributed by atoms with van der Waals surface area (Å²) in [7, 11) is 0. The first kappa shape index (κ1) is 8.75. The first-order chi connectivity index (χ1) is 4.84. The van der Waals surface area contributed by atoms with Crippen molar-refractivity contribution in [3.05, 3.63) is 20.8 Å². The van der Waals surface area contributed by atoms with Crippen LogP contribution in [0, 0.1) is 0 Å². The lowest BCUT2D eigenvalue weighted by atomic mass is 10.3. The molecule has 0 aromatic carbocycles. The van der Waals surface area contributed by atoms with E-state index in [4.69, 9.17) is 0 Å². The zero-order chi connectivity index (χ0) is 7.40. The van der Waals surface area contributed by atoms with E-state index in [0.717, 1.165) is 5.33 Å². The molecule has 1 aromatic heterocycles. The van der Waals surface area contributed by atoms with Gasteiger partial charge in [-0.05, 0) is 40.2 Å². The van der Waals surface area contributed by atoms with Crippen molar-refractivity contribution < 1.29 is 0 Å². The molecular formula is C7H8Br2S. The number of thiophene rings is 1. The highest BCUT2D eigenvalue weighted by Crippen LogP contribution is 2.23. The van der Waals surface area contributed by atoms with Crippen molar-refractivity contribution in [1.29, 1.82) is 0 Å². The Morgan fingerprint density at radius 1 is 1.50 bits per heavy atom. The monoisotopic (exact) mass is 282 g/mol. The highest BCUT2D eigenvalue weighted by molar-refractivity contribution is 9.10. The van der Waals surface area contributed by atoms with Crippen molar-refractivity contribution in [2.45, 2.75) is 12.8 Å². The van der Waals surface area contributed by atoms with E-state index >= 15 is 0 Å². The van der Waals surface area contributed by atoms with Crippen LogP contribution >= 0.6 is 43.2 Å². The average Bonchev–Trinajstić information content (AvgIpc) is 2.31. The molecule has 0 nitrogen and oxygen atoms in total. The van der Waals surface area contributed by atoms with Crippen LogP contribution in [0.5, 0.6) is 0 Å². The zero-order valence-electron chi connectivity index (χ0n) is 5.44. The second-order valence-electron chi connectivity index (χ2n) is 1.98. The minimum absolute atomic E-state index is 1.09. The van der Waals surface area contributed by atoms with Gasteiger partial charge in [0, 0.05) is 14.7 Å². The van der Waals surface area contributed by atoms with Gasteiger partial charge < -0.3 is 0 Å². The molecule has 0 fully saturated rings. The molecule has 3 heteroatoms. The van der Waals surface area contributed by atoms with E-state index in [0.29, 0.717) is 0 Å². The molecule has 0 spiro atoms. The van der Waals surface area contributed by atoms with Crippen molar-refractivity contribution in [3.8, 4) is 0 Å². The average molecular weight is 284 g/mol. The summed E-state index contributed by atoms with van der Waals surface area (Å²) in [6.45, 7) is 0. The van der Waals surface area contributed by atoms with E-state index in [-0.39, 0.29) is 0 Å². The Balaban J connectivity index is 2.49. The van der Waals surface area contributed by atoms with E-state index in [2.05, 4.69) is 43.3 Å². The smallest absolute Gasteiger partial charge is 0.0314 e. The van der Waals surface area contributed by atoms with Gasteiger partial charge in [0.15, 0.2) is 0 Å². The van der Waals surface area contributed by atoms with Gasteiger partial charge in [0.25, 0.3) is 0 Å². The Morgan fingerprint density at radius 3 is 2.80 bits per heavy atom. The maximum absolute atomic E-state index is 3.49. The predicted octanol–water partition coefficient (Wildman–Crippen LogP) is 3.84. The van der Waals surface area contributed by atoms with Gasteiger partial charge in [-0.1, -0.05) is 15.9 Å². The number of hydrogen-bond acceptors (Lipinski definition) is 1. The van der Waals surface area contributed by atoms with Gasteiger partial charge >= 0.3 is 0 Å². The predicted molar refractivity (Wildman–Crippen MR) is 54.1 cm³/mol. The van der Waals surface area contributed by atoms with Gasteiger partial charge in [-0.2, -0.15) is 0 Å². The molecule has 0 atom stereocenters. The topological polar surface area (TPSA) is 0 Å². The second-order valence-corrected chi connectivity index (χ2v) is 4.63. The van der Waals surface area contributed by atoms with Crippen LogP contribution in [0.3, 0.4) is 0 Å². The first-order valence-corrected chi connectivity index (χ1v) is 5.92. The Kier molecular flexibility index (Phi) is 3.96. The SMILES string of the molecule is BrCCCc1sccc1Br. The molecule has 0 aliphatic heterocycles. The summed E-state index contributed by atoms with van der Waals surface area (Å²) in [4.78, 5) is 1.46. The summed E-state index contributed by atoms with van der Waals surface area (Å²) < 4.78 is 1.26. The molecule has 0 saturated heterocycles. The molecule has 1 rings (SSSR count). The van der Waals surface area contributed by atoms with Crippen molar-refractivity contribution in [1.82, 2.24) is 0 Å². The Morgan fingerprint density at radius 2 is 2.30 bits per heavy atom. The quantitative estimate of drug-likeness (QED) is 0.740. The van der Waals surface area contributed by atoms with Crippen LogP contribution in [0.2, 0.25) is 0 Å². The van der Waals surface area contributed by atoms with Gasteiger partial charge in [0.2, 0.25) is 0 Å². The first-order valence-electron chi connectivity index (χ1n) is 3.12. The van der Waals surface area contributed by atoms with Crippen LogP contribution in [0.1, 0.15) is 11.3 Å².